The Bertz CT molecular complexity index is 2650. The van der Waals surface area contributed by atoms with Crippen LogP contribution >= 0.6 is 0 Å². The van der Waals surface area contributed by atoms with Crippen LogP contribution in [-0.2, 0) is 69.1 Å². The molecule has 4 aromatic heterocycles. The quantitative estimate of drug-likeness (QED) is 0.154. The van der Waals surface area contributed by atoms with Gasteiger partial charge in [0.1, 0.15) is 0 Å². The summed E-state index contributed by atoms with van der Waals surface area (Å²) in [5.74, 6) is 0. The molecule has 2 fully saturated rings. The van der Waals surface area contributed by atoms with Crippen molar-refractivity contribution in [1.29, 1.82) is 0 Å². The first-order chi connectivity index (χ1) is 35.5. The van der Waals surface area contributed by atoms with E-state index in [1.165, 1.54) is 70.5 Å². The Kier molecular flexibility index (Phi) is 29.3. The van der Waals surface area contributed by atoms with E-state index in [1.54, 1.807) is 0 Å². The third-order valence-electron chi connectivity index (χ3n) is 12.9. The molecular weight excluding hydrogens is 1060 g/mol. The zero-order valence-electron chi connectivity index (χ0n) is 44.1. The molecule has 0 spiro atoms. The fourth-order valence-corrected chi connectivity index (χ4v) is 9.37. The van der Waals surface area contributed by atoms with Crippen LogP contribution in [0.4, 0.5) is 0 Å². The van der Waals surface area contributed by atoms with Crippen molar-refractivity contribution in [2.24, 2.45) is 14.1 Å². The van der Waals surface area contributed by atoms with E-state index in [2.05, 4.69) is 231 Å². The summed E-state index contributed by atoms with van der Waals surface area (Å²) in [5.41, 5.74) is 11.2. The van der Waals surface area contributed by atoms with Crippen LogP contribution in [0.15, 0.2) is 255 Å². The standard InChI is InChI=1S/2C22H19N2.2C7H8.2C4H8O.2ClH.2Cr/c2*1-24-17-9-15-21(24)22(20-14-8-16-23-20,18-10-4-2-5-11-18)19-12-6-3-7-13-19;2*1-7-5-3-2-4-6-7;2*1-2-4-5-3-1;;;;/h2*2-17H,1H3;2*2-6H,1H3;2*1-4H2;2*1H;;/q2*-1;;;;;;;2*+2/p-2. The number of hydrogen-bond donors (Lipinski definition) is 0. The van der Waals surface area contributed by atoms with Crippen LogP contribution < -0.4 is 34.8 Å². The van der Waals surface area contributed by atoms with Crippen molar-refractivity contribution in [3.05, 3.63) is 311 Å². The van der Waals surface area contributed by atoms with Crippen LogP contribution in [0.1, 0.15) is 81.8 Å². The van der Waals surface area contributed by atoms with Gasteiger partial charge in [0.2, 0.25) is 0 Å². The van der Waals surface area contributed by atoms with Crippen molar-refractivity contribution in [3.8, 4) is 0 Å². The summed E-state index contributed by atoms with van der Waals surface area (Å²) in [5, 5.41) is 0. The molecule has 2 aliphatic heterocycles. The van der Waals surface area contributed by atoms with Crippen molar-refractivity contribution in [2.45, 2.75) is 50.4 Å². The zero-order chi connectivity index (χ0) is 50.1. The Labute approximate surface area is 487 Å². The SMILES string of the molecule is C1CCOC1.C1CCOC1.Cc1ccccc1.Cc1ccccc1.Cn1cccc1C(c1ccccc1)(c1ccccc1)c1ccc[n-]1.Cn1cccc1C(c1ccccc1)(c1ccccc1)c1ccc[n-]1.[Cl-].[Cl-].[Cr+2].[Cr+2]. The Balaban J connectivity index is 0.000000270. The molecule has 0 unspecified atom stereocenters. The summed E-state index contributed by atoms with van der Waals surface area (Å²) in [7, 11) is 4.19. The molecule has 0 saturated carbocycles. The molecule has 6 aromatic carbocycles. The minimum Gasteiger partial charge on any atom is -1.00 e. The van der Waals surface area contributed by atoms with Gasteiger partial charge in [-0.1, -0.05) is 217 Å². The van der Waals surface area contributed by atoms with E-state index in [0.29, 0.717) is 0 Å². The Morgan fingerprint density at radius 1 is 0.342 bits per heavy atom. The van der Waals surface area contributed by atoms with Crippen LogP contribution in [-0.4, -0.2) is 35.6 Å². The molecule has 12 rings (SSSR count). The second kappa shape index (κ2) is 34.6. The van der Waals surface area contributed by atoms with E-state index in [4.69, 9.17) is 19.4 Å². The predicted molar refractivity (Wildman–Crippen MR) is 297 cm³/mol. The maximum atomic E-state index is 4.94. The van der Waals surface area contributed by atoms with E-state index in [9.17, 15) is 0 Å². The summed E-state index contributed by atoms with van der Waals surface area (Å²) in [6, 6.07) is 79.9. The van der Waals surface area contributed by atoms with Gasteiger partial charge in [-0.25, -0.2) is 0 Å². The van der Waals surface area contributed by atoms with Crippen LogP contribution in [0.5, 0.6) is 0 Å². The molecule has 392 valence electrons. The largest absolute Gasteiger partial charge is 2.00 e. The smallest absolute Gasteiger partial charge is 1.00 e. The van der Waals surface area contributed by atoms with Crippen molar-refractivity contribution in [1.82, 2.24) is 19.1 Å². The number of ether oxygens (including phenoxy) is 2. The van der Waals surface area contributed by atoms with Gasteiger partial charge in [0.15, 0.2) is 0 Å². The molecule has 0 radical (unpaired) electrons. The van der Waals surface area contributed by atoms with Crippen molar-refractivity contribution >= 4 is 0 Å². The Hall–Kier alpha value is -6.00. The molecule has 10 aromatic rings. The Morgan fingerprint density at radius 2 is 0.605 bits per heavy atom. The summed E-state index contributed by atoms with van der Waals surface area (Å²) in [4.78, 5) is 9.45. The molecule has 6 nitrogen and oxygen atoms in total. The first-order valence-corrected chi connectivity index (χ1v) is 25.3. The average Bonchev–Trinajstić information content (AvgIpc) is 4.30. The van der Waals surface area contributed by atoms with E-state index < -0.39 is 10.8 Å². The molecule has 0 aliphatic carbocycles. The normalized spacial score (nSPS) is 12.1. The van der Waals surface area contributed by atoms with Gasteiger partial charge in [-0.05, 0) is 86.1 Å². The summed E-state index contributed by atoms with van der Waals surface area (Å²) in [6.07, 6.45) is 13.1. The fourth-order valence-electron chi connectivity index (χ4n) is 9.37. The molecular formula is C66H70Cl2Cr2N4O2. The number of aromatic nitrogens is 4. The molecule has 6 heterocycles. The van der Waals surface area contributed by atoms with Crippen molar-refractivity contribution < 1.29 is 69.0 Å². The van der Waals surface area contributed by atoms with Gasteiger partial charge in [-0.2, -0.15) is 12.4 Å². The average molecular weight is 1130 g/mol. The van der Waals surface area contributed by atoms with Crippen LogP contribution in [0.2, 0.25) is 0 Å². The van der Waals surface area contributed by atoms with Crippen LogP contribution in [0, 0.1) is 13.8 Å². The van der Waals surface area contributed by atoms with Crippen LogP contribution in [0.3, 0.4) is 0 Å². The molecule has 0 bridgehead atoms. The Morgan fingerprint density at radius 3 is 0.776 bits per heavy atom. The third kappa shape index (κ3) is 17.0. The first kappa shape index (κ1) is 64.3. The summed E-state index contributed by atoms with van der Waals surface area (Å²) >= 11 is 0. The summed E-state index contributed by atoms with van der Waals surface area (Å²) < 4.78 is 14.3. The fraction of sp³-hybridized carbons (Fsp3) is 0.212. The monoisotopic (exact) mass is 1120 g/mol. The predicted octanol–water partition coefficient (Wildman–Crippen LogP) is 8.32. The number of benzene rings is 6. The molecule has 0 N–H and O–H groups in total. The van der Waals surface area contributed by atoms with Gasteiger partial charge < -0.3 is 53.4 Å². The van der Waals surface area contributed by atoms with Gasteiger partial charge in [0.25, 0.3) is 0 Å². The number of hydrogen-bond acceptors (Lipinski definition) is 2. The first-order valence-electron chi connectivity index (χ1n) is 25.3. The molecule has 76 heavy (non-hydrogen) atoms. The molecule has 2 aliphatic rings. The van der Waals surface area contributed by atoms with Gasteiger partial charge >= 0.3 is 34.7 Å². The third-order valence-corrected chi connectivity index (χ3v) is 12.9. The second-order valence-corrected chi connectivity index (χ2v) is 18.0. The van der Waals surface area contributed by atoms with Crippen LogP contribution in [0.25, 0.3) is 0 Å². The van der Waals surface area contributed by atoms with E-state index in [1.807, 2.05) is 60.9 Å². The van der Waals surface area contributed by atoms with E-state index in [-0.39, 0.29) is 59.5 Å². The molecule has 2 saturated heterocycles. The van der Waals surface area contributed by atoms with Gasteiger partial charge in [-0.15, -0.1) is 11.4 Å². The minimum absolute atomic E-state index is 0. The maximum Gasteiger partial charge on any atom is 2.00 e. The van der Waals surface area contributed by atoms with Crippen molar-refractivity contribution in [3.63, 3.8) is 0 Å². The molecule has 10 heteroatoms. The number of halogens is 2. The molecule has 0 atom stereocenters. The summed E-state index contributed by atoms with van der Waals surface area (Å²) in [6.45, 7) is 8.17. The van der Waals surface area contributed by atoms with Crippen molar-refractivity contribution in [2.75, 3.05) is 26.4 Å². The number of aryl methyl sites for hydroxylation is 4. The minimum atomic E-state index is -0.426. The number of nitrogens with zero attached hydrogens (tertiary/aromatic N) is 4. The maximum absolute atomic E-state index is 4.94. The molecule has 0 amide bonds. The van der Waals surface area contributed by atoms with Gasteiger partial charge in [0, 0.05) is 64.3 Å². The number of rotatable bonds is 8. The van der Waals surface area contributed by atoms with Gasteiger partial charge in [0.05, 0.1) is 10.8 Å². The zero-order valence-corrected chi connectivity index (χ0v) is 48.1. The topological polar surface area (TPSA) is 56.5 Å². The van der Waals surface area contributed by atoms with E-state index >= 15 is 0 Å². The van der Waals surface area contributed by atoms with E-state index in [0.717, 1.165) is 37.8 Å². The van der Waals surface area contributed by atoms with Gasteiger partial charge in [-0.3, -0.25) is 0 Å². The second-order valence-electron chi connectivity index (χ2n) is 18.0.